The molecule has 0 spiro atoms. The van der Waals surface area contributed by atoms with Crippen LogP contribution in [0.1, 0.15) is 162 Å². The van der Waals surface area contributed by atoms with Crippen LogP contribution in [0.5, 0.6) is 0 Å². The molecule has 0 bridgehead atoms. The Morgan fingerprint density at radius 1 is 0.547 bits per heavy atom. The lowest BCUT2D eigenvalue weighted by Gasteiger charge is -2.48. The van der Waals surface area contributed by atoms with Gasteiger partial charge in [0.2, 0.25) is 0 Å². The molecule has 5 unspecified atom stereocenters. The van der Waals surface area contributed by atoms with E-state index in [2.05, 4.69) is 140 Å². The van der Waals surface area contributed by atoms with Crippen LogP contribution in [0.3, 0.4) is 0 Å². The van der Waals surface area contributed by atoms with Crippen molar-refractivity contribution in [3.8, 4) is 0 Å². The van der Waals surface area contributed by atoms with E-state index in [0.717, 1.165) is 38.5 Å². The molecule has 0 N–H and O–H groups in total. The van der Waals surface area contributed by atoms with Crippen LogP contribution >= 0.6 is 0 Å². The maximum atomic E-state index is 7.19. The van der Waals surface area contributed by atoms with Gasteiger partial charge >= 0.3 is 0 Å². The molecule has 0 aliphatic carbocycles. The lowest BCUT2D eigenvalue weighted by molar-refractivity contribution is -0.0232. The number of hydrogen-bond acceptors (Lipinski definition) is 4. The molecular weight excluding hydrogens is 701 g/mol. The lowest BCUT2D eigenvalue weighted by Crippen LogP contribution is -2.49. The standard InChI is InChI=1S/C46H92O4Si3/c1-16-40(48-51(17-2,18-3)19-4)38-42-43(47-42)39-41(49-52(20-5,21-6)22-7)36-34-32-30-28-26-27-29-31-33-35-37-44(46(14,15)45(11,12)13)50-53(23-8,24-9)25-10/h27,29-30,32,34,36,40-44H,16-26,28,31,33,35,37-39H2,1-15H3. The molecule has 0 aromatic carbocycles. The van der Waals surface area contributed by atoms with Crippen molar-refractivity contribution in [3.63, 3.8) is 0 Å². The zero-order valence-corrected chi connectivity index (χ0v) is 41.2. The summed E-state index contributed by atoms with van der Waals surface area (Å²) in [5.74, 6) is 0. The first-order valence-electron chi connectivity index (χ1n) is 22.8. The fourth-order valence-electron chi connectivity index (χ4n) is 7.96. The maximum absolute atomic E-state index is 7.19. The van der Waals surface area contributed by atoms with Gasteiger partial charge in [-0.05, 0) is 104 Å². The number of ether oxygens (including phenoxy) is 1. The molecule has 7 heteroatoms. The lowest BCUT2D eigenvalue weighted by atomic mass is 9.65. The largest absolute Gasteiger partial charge is 0.414 e. The first kappa shape index (κ1) is 50.7. The minimum absolute atomic E-state index is 0.126. The Bertz CT molecular complexity index is 1010. The number of hydrogen-bond donors (Lipinski definition) is 0. The molecule has 0 aromatic rings. The van der Waals surface area contributed by atoms with Crippen LogP contribution in [0.25, 0.3) is 0 Å². The molecule has 0 radical (unpaired) electrons. The van der Waals surface area contributed by atoms with Crippen LogP contribution in [-0.4, -0.2) is 55.5 Å². The van der Waals surface area contributed by atoms with Crippen LogP contribution in [-0.2, 0) is 18.0 Å². The summed E-state index contributed by atoms with van der Waals surface area (Å²) in [6.07, 6.45) is 25.3. The van der Waals surface area contributed by atoms with E-state index in [1.54, 1.807) is 0 Å². The second kappa shape index (κ2) is 25.2. The van der Waals surface area contributed by atoms with Crippen molar-refractivity contribution in [2.24, 2.45) is 10.8 Å². The van der Waals surface area contributed by atoms with Gasteiger partial charge in [0.15, 0.2) is 25.0 Å². The smallest absolute Gasteiger partial charge is 0.192 e. The summed E-state index contributed by atoms with van der Waals surface area (Å²) >= 11 is 0. The third kappa shape index (κ3) is 16.6. The summed E-state index contributed by atoms with van der Waals surface area (Å²) in [6.45, 7) is 35.4. The second-order valence-corrected chi connectivity index (χ2v) is 32.1. The van der Waals surface area contributed by atoms with Gasteiger partial charge in [-0.1, -0.05) is 147 Å². The van der Waals surface area contributed by atoms with Crippen LogP contribution in [0, 0.1) is 10.8 Å². The minimum atomic E-state index is -1.73. The summed E-state index contributed by atoms with van der Waals surface area (Å²) in [5.41, 5.74) is 0.361. The number of unbranched alkanes of at least 4 members (excludes halogenated alkanes) is 3. The average Bonchev–Trinajstić information content (AvgIpc) is 3.89. The Balaban J connectivity index is 2.69. The van der Waals surface area contributed by atoms with Crippen molar-refractivity contribution in [2.75, 3.05) is 0 Å². The Kier molecular flexibility index (Phi) is 24.1. The van der Waals surface area contributed by atoms with Crippen molar-refractivity contribution in [1.29, 1.82) is 0 Å². The molecule has 1 aliphatic rings. The van der Waals surface area contributed by atoms with E-state index in [-0.39, 0.29) is 23.0 Å². The molecule has 312 valence electrons. The van der Waals surface area contributed by atoms with Gasteiger partial charge in [0.25, 0.3) is 0 Å². The van der Waals surface area contributed by atoms with Gasteiger partial charge in [-0.15, -0.1) is 0 Å². The zero-order valence-electron chi connectivity index (χ0n) is 38.2. The Morgan fingerprint density at radius 3 is 1.53 bits per heavy atom. The SMILES string of the molecule is CCC(CC1OC1CC(C=CC=CCCC=CCCCCC(O[Si](CC)(CC)CC)C(C)(C)C(C)(C)C)O[Si](CC)(CC)CC)O[Si](CC)(CC)CC. The molecule has 4 nitrogen and oxygen atoms in total. The van der Waals surface area contributed by atoms with E-state index in [1.807, 2.05) is 0 Å². The summed E-state index contributed by atoms with van der Waals surface area (Å²) in [7, 11) is -5.00. The topological polar surface area (TPSA) is 40.2 Å². The van der Waals surface area contributed by atoms with E-state index in [4.69, 9.17) is 18.0 Å². The Hall–Kier alpha value is -0.289. The monoisotopic (exact) mass is 793 g/mol. The molecule has 0 amide bonds. The van der Waals surface area contributed by atoms with Crippen molar-refractivity contribution in [1.82, 2.24) is 0 Å². The van der Waals surface area contributed by atoms with Gasteiger partial charge in [-0.25, -0.2) is 0 Å². The molecule has 1 fully saturated rings. The van der Waals surface area contributed by atoms with Crippen LogP contribution in [0.15, 0.2) is 36.5 Å². The molecule has 1 heterocycles. The molecule has 1 rings (SSSR count). The normalized spacial score (nSPS) is 19.5. The van der Waals surface area contributed by atoms with Crippen LogP contribution in [0.4, 0.5) is 0 Å². The maximum Gasteiger partial charge on any atom is 0.192 e. The highest BCUT2D eigenvalue weighted by molar-refractivity contribution is 6.74. The summed E-state index contributed by atoms with van der Waals surface area (Å²) in [6, 6.07) is 10.8. The van der Waals surface area contributed by atoms with Crippen molar-refractivity contribution in [2.45, 2.75) is 247 Å². The quantitative estimate of drug-likeness (QED) is 0.0230. The first-order chi connectivity index (χ1) is 25.1. The third-order valence-electron chi connectivity index (χ3n) is 14.2. The van der Waals surface area contributed by atoms with Crippen molar-refractivity contribution < 1.29 is 18.0 Å². The van der Waals surface area contributed by atoms with Gasteiger partial charge in [0.1, 0.15) is 0 Å². The highest BCUT2D eigenvalue weighted by Gasteiger charge is 2.45. The van der Waals surface area contributed by atoms with Gasteiger partial charge in [-0.2, -0.15) is 0 Å². The first-order valence-corrected chi connectivity index (χ1v) is 30.3. The highest BCUT2D eigenvalue weighted by Crippen LogP contribution is 2.45. The fraction of sp³-hybridized carbons (Fsp3) is 0.870. The van der Waals surface area contributed by atoms with Gasteiger partial charge in [0.05, 0.1) is 24.4 Å². The van der Waals surface area contributed by atoms with E-state index in [0.29, 0.717) is 18.3 Å². The van der Waals surface area contributed by atoms with Gasteiger partial charge in [-0.3, -0.25) is 0 Å². The molecule has 5 atom stereocenters. The molecule has 1 aliphatic heterocycles. The van der Waals surface area contributed by atoms with Crippen LogP contribution in [0.2, 0.25) is 54.4 Å². The summed E-state index contributed by atoms with van der Waals surface area (Å²) < 4.78 is 27.4. The predicted octanol–water partition coefficient (Wildman–Crippen LogP) is 15.2. The Labute approximate surface area is 335 Å². The number of rotatable bonds is 31. The van der Waals surface area contributed by atoms with Gasteiger partial charge < -0.3 is 18.0 Å². The van der Waals surface area contributed by atoms with E-state index < -0.39 is 25.0 Å². The van der Waals surface area contributed by atoms with Gasteiger partial charge in [0, 0.05) is 18.9 Å². The van der Waals surface area contributed by atoms with E-state index in [1.165, 1.54) is 73.7 Å². The number of epoxide rings is 1. The molecule has 0 saturated carbocycles. The Morgan fingerprint density at radius 2 is 1.02 bits per heavy atom. The fourth-order valence-corrected chi connectivity index (χ4v) is 16.8. The minimum Gasteiger partial charge on any atom is -0.414 e. The molecule has 1 saturated heterocycles. The zero-order chi connectivity index (χ0) is 40.2. The van der Waals surface area contributed by atoms with Crippen molar-refractivity contribution >= 4 is 25.0 Å². The molecule has 53 heavy (non-hydrogen) atoms. The highest BCUT2D eigenvalue weighted by atomic mass is 28.4. The third-order valence-corrected chi connectivity index (χ3v) is 28.2. The predicted molar refractivity (Wildman–Crippen MR) is 243 cm³/mol. The number of allylic oxidation sites excluding steroid dienone is 5. The summed E-state index contributed by atoms with van der Waals surface area (Å²) in [5, 5.41) is 0. The van der Waals surface area contributed by atoms with Crippen molar-refractivity contribution in [3.05, 3.63) is 36.5 Å². The molecular formula is C46H92O4Si3. The summed E-state index contributed by atoms with van der Waals surface area (Å²) in [4.78, 5) is 0. The van der Waals surface area contributed by atoms with E-state index >= 15 is 0 Å². The average molecular weight is 793 g/mol. The van der Waals surface area contributed by atoms with Crippen LogP contribution < -0.4 is 0 Å². The second-order valence-electron chi connectivity index (χ2n) is 17.9. The molecule has 0 aromatic heterocycles. The van der Waals surface area contributed by atoms with E-state index in [9.17, 15) is 0 Å².